The quantitative estimate of drug-likeness (QED) is 0.794. The minimum Gasteiger partial charge on any atom is -0.478 e. The van der Waals surface area contributed by atoms with Gasteiger partial charge in [-0.2, -0.15) is 0 Å². The van der Waals surface area contributed by atoms with E-state index in [0.717, 1.165) is 10.6 Å². The molecule has 2 nitrogen and oxygen atoms in total. The molecule has 0 spiro atoms. The lowest BCUT2D eigenvalue weighted by molar-refractivity contribution is 0.0693. The van der Waals surface area contributed by atoms with E-state index in [-0.39, 0.29) is 0 Å². The Morgan fingerprint density at radius 1 is 1.27 bits per heavy atom. The molecule has 15 heavy (non-hydrogen) atoms. The third-order valence-corrected chi connectivity index (χ3v) is 2.37. The summed E-state index contributed by atoms with van der Waals surface area (Å²) in [5.41, 5.74) is 0.393. The lowest BCUT2D eigenvalue weighted by atomic mass is 10.2. The van der Waals surface area contributed by atoms with Gasteiger partial charge in [0.15, 0.2) is 0 Å². The van der Waals surface area contributed by atoms with Crippen LogP contribution in [0.15, 0.2) is 29.2 Å². The van der Waals surface area contributed by atoms with Gasteiger partial charge in [0.05, 0.1) is 5.56 Å². The van der Waals surface area contributed by atoms with Crippen molar-refractivity contribution in [3.05, 3.63) is 29.8 Å². The molecule has 0 aliphatic heterocycles. The van der Waals surface area contributed by atoms with Crippen molar-refractivity contribution in [2.45, 2.75) is 32.1 Å². The monoisotopic (exact) mass is 226 g/mol. The SMILES string of the molecule is CCC.CCSc1ccccc1C(=O)O. The van der Waals surface area contributed by atoms with E-state index in [2.05, 4.69) is 13.8 Å². The molecule has 3 heteroatoms. The molecule has 1 N–H and O–H groups in total. The summed E-state index contributed by atoms with van der Waals surface area (Å²) in [6, 6.07) is 7.05. The first kappa shape index (κ1) is 14.0. The van der Waals surface area contributed by atoms with E-state index < -0.39 is 5.97 Å². The van der Waals surface area contributed by atoms with Crippen LogP contribution in [-0.4, -0.2) is 16.8 Å². The second kappa shape index (κ2) is 8.36. The maximum atomic E-state index is 10.7. The fourth-order valence-corrected chi connectivity index (χ4v) is 1.72. The summed E-state index contributed by atoms with van der Waals surface area (Å²) in [5, 5.41) is 8.78. The molecule has 0 bridgehead atoms. The second-order valence-corrected chi connectivity index (χ2v) is 4.25. The van der Waals surface area contributed by atoms with E-state index in [0.29, 0.717) is 5.56 Å². The molecule has 0 saturated heterocycles. The minimum absolute atomic E-state index is 0.393. The van der Waals surface area contributed by atoms with Crippen LogP contribution in [0.3, 0.4) is 0 Å². The molecule has 0 aliphatic rings. The van der Waals surface area contributed by atoms with Gasteiger partial charge in [-0.3, -0.25) is 0 Å². The fraction of sp³-hybridized carbons (Fsp3) is 0.417. The zero-order valence-corrected chi connectivity index (χ0v) is 10.3. The van der Waals surface area contributed by atoms with Gasteiger partial charge in [-0.15, -0.1) is 11.8 Å². The lowest BCUT2D eigenvalue weighted by Crippen LogP contribution is -1.97. The van der Waals surface area contributed by atoms with Gasteiger partial charge in [0.25, 0.3) is 0 Å². The molecule has 0 radical (unpaired) electrons. The standard InChI is InChI=1S/C9H10O2S.C3H8/c1-2-12-8-6-4-3-5-7(8)9(10)11;1-3-2/h3-6H,2H2,1H3,(H,10,11);3H2,1-2H3. The molecule has 1 aromatic rings. The Bertz CT molecular complexity index is 297. The summed E-state index contributed by atoms with van der Waals surface area (Å²) in [6.45, 7) is 6.25. The van der Waals surface area contributed by atoms with Crippen LogP contribution >= 0.6 is 11.8 Å². The van der Waals surface area contributed by atoms with E-state index in [1.165, 1.54) is 6.42 Å². The number of rotatable bonds is 3. The maximum Gasteiger partial charge on any atom is 0.336 e. The van der Waals surface area contributed by atoms with Gasteiger partial charge in [-0.25, -0.2) is 4.79 Å². The van der Waals surface area contributed by atoms with Gasteiger partial charge >= 0.3 is 5.97 Å². The minimum atomic E-state index is -0.855. The Balaban J connectivity index is 0.000000583. The summed E-state index contributed by atoms with van der Waals surface area (Å²) < 4.78 is 0. The first-order chi connectivity index (χ1) is 7.17. The molecule has 84 valence electrons. The van der Waals surface area contributed by atoms with Gasteiger partial charge in [0.1, 0.15) is 0 Å². The Morgan fingerprint density at radius 2 is 1.80 bits per heavy atom. The second-order valence-electron chi connectivity index (χ2n) is 2.94. The number of hydrogen-bond acceptors (Lipinski definition) is 2. The Kier molecular flexibility index (Phi) is 7.82. The maximum absolute atomic E-state index is 10.7. The van der Waals surface area contributed by atoms with Crippen molar-refractivity contribution in [3.63, 3.8) is 0 Å². The molecular formula is C12H18O2S. The molecule has 0 fully saturated rings. The average molecular weight is 226 g/mol. The lowest BCUT2D eigenvalue weighted by Gasteiger charge is -2.01. The van der Waals surface area contributed by atoms with Gasteiger partial charge in [-0.05, 0) is 17.9 Å². The summed E-state index contributed by atoms with van der Waals surface area (Å²) in [6.07, 6.45) is 1.25. The average Bonchev–Trinajstić information content (AvgIpc) is 2.20. The third-order valence-electron chi connectivity index (χ3n) is 1.42. The van der Waals surface area contributed by atoms with Gasteiger partial charge < -0.3 is 5.11 Å². The van der Waals surface area contributed by atoms with Crippen LogP contribution in [0.4, 0.5) is 0 Å². The summed E-state index contributed by atoms with van der Waals surface area (Å²) in [7, 11) is 0. The number of hydrogen-bond donors (Lipinski definition) is 1. The van der Waals surface area contributed by atoms with Gasteiger partial charge in [-0.1, -0.05) is 39.3 Å². The smallest absolute Gasteiger partial charge is 0.336 e. The van der Waals surface area contributed by atoms with Crippen molar-refractivity contribution in [1.29, 1.82) is 0 Å². The number of benzene rings is 1. The van der Waals surface area contributed by atoms with Crippen LogP contribution in [0, 0.1) is 0 Å². The van der Waals surface area contributed by atoms with E-state index in [9.17, 15) is 4.79 Å². The zero-order valence-electron chi connectivity index (χ0n) is 9.49. The third kappa shape index (κ3) is 5.47. The molecule has 1 rings (SSSR count). The normalized spacial score (nSPS) is 9.00. The molecule has 1 aromatic carbocycles. The highest BCUT2D eigenvalue weighted by Gasteiger charge is 2.07. The van der Waals surface area contributed by atoms with Crippen LogP contribution in [0.2, 0.25) is 0 Å². The van der Waals surface area contributed by atoms with E-state index >= 15 is 0 Å². The number of thioether (sulfide) groups is 1. The predicted molar refractivity (Wildman–Crippen MR) is 65.8 cm³/mol. The van der Waals surface area contributed by atoms with E-state index in [1.54, 1.807) is 23.9 Å². The predicted octanol–water partition coefficient (Wildman–Crippen LogP) is 3.91. The van der Waals surface area contributed by atoms with Crippen molar-refractivity contribution >= 4 is 17.7 Å². The van der Waals surface area contributed by atoms with Crippen molar-refractivity contribution in [2.75, 3.05) is 5.75 Å². The Labute approximate surface area is 95.7 Å². The summed E-state index contributed by atoms with van der Waals surface area (Å²) in [4.78, 5) is 11.5. The molecule has 0 amide bonds. The van der Waals surface area contributed by atoms with Gasteiger partial charge in [0.2, 0.25) is 0 Å². The van der Waals surface area contributed by atoms with Crippen molar-refractivity contribution in [2.24, 2.45) is 0 Å². The topological polar surface area (TPSA) is 37.3 Å². The van der Waals surface area contributed by atoms with Crippen LogP contribution in [0.1, 0.15) is 37.6 Å². The first-order valence-corrected chi connectivity index (χ1v) is 6.10. The number of aromatic carboxylic acids is 1. The summed E-state index contributed by atoms with van der Waals surface area (Å²) >= 11 is 1.55. The molecule has 0 atom stereocenters. The highest BCUT2D eigenvalue weighted by Crippen LogP contribution is 2.21. The zero-order chi connectivity index (χ0) is 11.7. The van der Waals surface area contributed by atoms with Crippen LogP contribution in [0.5, 0.6) is 0 Å². The van der Waals surface area contributed by atoms with Crippen molar-refractivity contribution < 1.29 is 9.90 Å². The van der Waals surface area contributed by atoms with Crippen molar-refractivity contribution in [3.8, 4) is 0 Å². The molecule has 0 heterocycles. The van der Waals surface area contributed by atoms with Crippen LogP contribution in [-0.2, 0) is 0 Å². The molecule has 0 aromatic heterocycles. The first-order valence-electron chi connectivity index (χ1n) is 5.12. The van der Waals surface area contributed by atoms with E-state index in [4.69, 9.17) is 5.11 Å². The largest absolute Gasteiger partial charge is 0.478 e. The summed E-state index contributed by atoms with van der Waals surface area (Å²) in [5.74, 6) is 0.0381. The highest BCUT2D eigenvalue weighted by atomic mass is 32.2. The molecule has 0 aliphatic carbocycles. The number of carboxylic acid groups (broad SMARTS) is 1. The number of carboxylic acids is 1. The van der Waals surface area contributed by atoms with E-state index in [1.807, 2.05) is 19.1 Å². The highest BCUT2D eigenvalue weighted by molar-refractivity contribution is 7.99. The van der Waals surface area contributed by atoms with Crippen LogP contribution in [0.25, 0.3) is 0 Å². The van der Waals surface area contributed by atoms with Crippen LogP contribution < -0.4 is 0 Å². The number of carbonyl (C=O) groups is 1. The molecule has 0 unspecified atom stereocenters. The fourth-order valence-electron chi connectivity index (χ4n) is 0.925. The Hall–Kier alpha value is -0.960. The molecule has 0 saturated carbocycles. The van der Waals surface area contributed by atoms with Crippen molar-refractivity contribution in [1.82, 2.24) is 0 Å². The molecular weight excluding hydrogens is 208 g/mol. The Morgan fingerprint density at radius 3 is 2.27 bits per heavy atom. The van der Waals surface area contributed by atoms with Gasteiger partial charge in [0, 0.05) is 4.90 Å².